The van der Waals surface area contributed by atoms with E-state index in [2.05, 4.69) is 9.97 Å². The van der Waals surface area contributed by atoms with Crippen LogP contribution in [0.4, 0.5) is 13.2 Å². The lowest BCUT2D eigenvalue weighted by molar-refractivity contribution is -0.137. The van der Waals surface area contributed by atoms with Crippen LogP contribution in [-0.4, -0.2) is 22.5 Å². The van der Waals surface area contributed by atoms with E-state index < -0.39 is 22.9 Å². The minimum absolute atomic E-state index is 0.145. The Bertz CT molecular complexity index is 841. The van der Waals surface area contributed by atoms with Crippen LogP contribution >= 0.6 is 23.5 Å². The zero-order valence-electron chi connectivity index (χ0n) is 12.0. The number of nitrogens with one attached hydrogen (secondary N) is 1. The largest absolute Gasteiger partial charge is 0.417 e. The average molecular weight is 357 g/mol. The molecule has 0 amide bonds. The smallest absolute Gasteiger partial charge is 0.300 e. The Hall–Kier alpha value is -1.92. The molecule has 0 aliphatic heterocycles. The van der Waals surface area contributed by atoms with Crippen molar-refractivity contribution in [2.45, 2.75) is 16.2 Å². The van der Waals surface area contributed by atoms with Crippen molar-refractivity contribution in [2.24, 2.45) is 0 Å². The summed E-state index contributed by atoms with van der Waals surface area (Å²) < 4.78 is 40.1. The number of hydrogen-bond donors (Lipinski definition) is 1. The van der Waals surface area contributed by atoms with E-state index in [9.17, 15) is 18.0 Å². The van der Waals surface area contributed by atoms with Gasteiger partial charge in [-0.1, -0.05) is 17.8 Å². The van der Waals surface area contributed by atoms with Crippen molar-refractivity contribution in [1.29, 1.82) is 5.26 Å². The summed E-state index contributed by atoms with van der Waals surface area (Å²) in [4.78, 5) is 18.7. The molecule has 0 saturated heterocycles. The van der Waals surface area contributed by atoms with E-state index >= 15 is 0 Å². The molecule has 1 aromatic carbocycles. The Morgan fingerprint density at radius 2 is 1.96 bits per heavy atom. The summed E-state index contributed by atoms with van der Waals surface area (Å²) in [5.74, 6) is 0. The molecular formula is C14H10F3N3OS2. The number of aromatic amines is 1. The second-order valence-corrected chi connectivity index (χ2v) is 5.99. The molecule has 0 aliphatic rings. The molecule has 9 heteroatoms. The highest BCUT2D eigenvalue weighted by atomic mass is 32.2. The molecule has 2 aromatic rings. The number of aromatic nitrogens is 2. The van der Waals surface area contributed by atoms with E-state index in [1.807, 2.05) is 0 Å². The van der Waals surface area contributed by atoms with Gasteiger partial charge in [0.2, 0.25) is 0 Å². The van der Waals surface area contributed by atoms with Crippen molar-refractivity contribution in [2.75, 3.05) is 12.5 Å². The molecule has 0 spiro atoms. The maximum atomic E-state index is 13.4. The van der Waals surface area contributed by atoms with E-state index in [1.54, 1.807) is 18.6 Å². The number of benzene rings is 1. The molecule has 0 saturated carbocycles. The predicted octanol–water partition coefficient (Wildman–Crippen LogP) is 3.77. The molecule has 0 aliphatic carbocycles. The number of nitriles is 1. The van der Waals surface area contributed by atoms with Crippen LogP contribution in [0.15, 0.2) is 33.0 Å². The molecule has 0 unspecified atom stereocenters. The Morgan fingerprint density at radius 1 is 1.26 bits per heavy atom. The number of thioether (sulfide) groups is 2. The zero-order valence-corrected chi connectivity index (χ0v) is 13.6. The second-order valence-electron chi connectivity index (χ2n) is 4.32. The highest BCUT2D eigenvalue weighted by Crippen LogP contribution is 2.39. The average Bonchev–Trinajstić information content (AvgIpc) is 2.52. The summed E-state index contributed by atoms with van der Waals surface area (Å²) in [6, 6.07) is 5.36. The van der Waals surface area contributed by atoms with Crippen molar-refractivity contribution < 1.29 is 13.2 Å². The first-order valence-electron chi connectivity index (χ1n) is 6.15. The highest BCUT2D eigenvalue weighted by Gasteiger charge is 2.35. The number of alkyl halides is 3. The molecule has 0 atom stereocenters. The molecule has 1 aromatic heterocycles. The molecule has 0 radical (unpaired) electrons. The van der Waals surface area contributed by atoms with Gasteiger partial charge in [0.15, 0.2) is 5.16 Å². The van der Waals surface area contributed by atoms with E-state index in [1.165, 1.54) is 23.9 Å². The Labute approximate surface area is 138 Å². The third kappa shape index (κ3) is 3.54. The monoisotopic (exact) mass is 357 g/mol. The predicted molar refractivity (Wildman–Crippen MR) is 83.6 cm³/mol. The molecule has 4 nitrogen and oxygen atoms in total. The van der Waals surface area contributed by atoms with Crippen LogP contribution in [0, 0.1) is 11.3 Å². The van der Waals surface area contributed by atoms with Crippen molar-refractivity contribution in [3.05, 3.63) is 39.7 Å². The van der Waals surface area contributed by atoms with Gasteiger partial charge < -0.3 is 4.98 Å². The summed E-state index contributed by atoms with van der Waals surface area (Å²) in [7, 11) is 0. The van der Waals surface area contributed by atoms with Gasteiger partial charge >= 0.3 is 6.18 Å². The van der Waals surface area contributed by atoms with Gasteiger partial charge in [-0.2, -0.15) is 18.4 Å². The van der Waals surface area contributed by atoms with Crippen LogP contribution in [-0.2, 0) is 6.18 Å². The maximum absolute atomic E-state index is 13.4. The van der Waals surface area contributed by atoms with Crippen LogP contribution in [0.2, 0.25) is 0 Å². The summed E-state index contributed by atoms with van der Waals surface area (Å²) in [5, 5.41) is 9.26. The Balaban J connectivity index is 2.84. The summed E-state index contributed by atoms with van der Waals surface area (Å²) in [6.07, 6.45) is -1.35. The molecule has 1 heterocycles. The van der Waals surface area contributed by atoms with E-state index in [4.69, 9.17) is 5.26 Å². The Morgan fingerprint density at radius 3 is 2.48 bits per heavy atom. The molecule has 0 bridgehead atoms. The minimum atomic E-state index is -4.63. The highest BCUT2D eigenvalue weighted by molar-refractivity contribution is 7.98. The lowest BCUT2D eigenvalue weighted by Gasteiger charge is -2.14. The van der Waals surface area contributed by atoms with E-state index in [0.29, 0.717) is 4.90 Å². The van der Waals surface area contributed by atoms with Gasteiger partial charge in [-0.3, -0.25) is 4.79 Å². The van der Waals surface area contributed by atoms with E-state index in [0.717, 1.165) is 17.8 Å². The number of nitrogens with zero attached hydrogens (tertiary/aromatic N) is 2. The van der Waals surface area contributed by atoms with Gasteiger partial charge in [-0.25, -0.2) is 4.98 Å². The number of H-pyrrole nitrogens is 1. The minimum Gasteiger partial charge on any atom is -0.300 e. The SMILES string of the molecule is CSc1ccc(-c2nc(SC)[nH]c(=O)c2C#N)c(C(F)(F)F)c1. The first kappa shape index (κ1) is 17.4. The van der Waals surface area contributed by atoms with Gasteiger partial charge in [0.25, 0.3) is 5.56 Å². The fourth-order valence-corrected chi connectivity index (χ4v) is 2.76. The van der Waals surface area contributed by atoms with Crippen LogP contribution in [0.5, 0.6) is 0 Å². The quantitative estimate of drug-likeness (QED) is 0.669. The molecule has 120 valence electrons. The first-order valence-corrected chi connectivity index (χ1v) is 8.60. The number of halogens is 3. The fraction of sp³-hybridized carbons (Fsp3) is 0.214. The first-order chi connectivity index (χ1) is 10.8. The van der Waals surface area contributed by atoms with Crippen molar-refractivity contribution >= 4 is 23.5 Å². The van der Waals surface area contributed by atoms with Gasteiger partial charge in [-0.15, -0.1) is 11.8 Å². The van der Waals surface area contributed by atoms with Gasteiger partial charge in [0, 0.05) is 10.5 Å². The summed E-state index contributed by atoms with van der Waals surface area (Å²) >= 11 is 2.24. The molecule has 2 rings (SSSR count). The molecular weight excluding hydrogens is 347 g/mol. The van der Waals surface area contributed by atoms with Gasteiger partial charge in [0.05, 0.1) is 11.3 Å². The van der Waals surface area contributed by atoms with E-state index in [-0.39, 0.29) is 16.4 Å². The zero-order chi connectivity index (χ0) is 17.2. The summed E-state index contributed by atoms with van der Waals surface area (Å²) in [5.41, 5.74) is -2.67. The van der Waals surface area contributed by atoms with Crippen molar-refractivity contribution in [3.63, 3.8) is 0 Å². The lowest BCUT2D eigenvalue weighted by atomic mass is 10.0. The van der Waals surface area contributed by atoms with Gasteiger partial charge in [0.1, 0.15) is 11.6 Å². The normalized spacial score (nSPS) is 11.3. The second kappa shape index (κ2) is 6.68. The third-order valence-corrected chi connectivity index (χ3v) is 4.30. The third-order valence-electron chi connectivity index (χ3n) is 2.99. The number of hydrogen-bond acceptors (Lipinski definition) is 5. The van der Waals surface area contributed by atoms with Crippen molar-refractivity contribution in [3.8, 4) is 17.3 Å². The maximum Gasteiger partial charge on any atom is 0.417 e. The summed E-state index contributed by atoms with van der Waals surface area (Å²) in [6.45, 7) is 0. The van der Waals surface area contributed by atoms with Gasteiger partial charge in [-0.05, 0) is 24.6 Å². The molecule has 0 fully saturated rings. The molecule has 23 heavy (non-hydrogen) atoms. The van der Waals surface area contributed by atoms with Crippen LogP contribution in [0.3, 0.4) is 0 Å². The fourth-order valence-electron chi connectivity index (χ4n) is 1.94. The van der Waals surface area contributed by atoms with Crippen molar-refractivity contribution in [1.82, 2.24) is 9.97 Å². The standard InChI is InChI=1S/C14H10F3N3OS2/c1-22-7-3-4-8(10(5-7)14(15,16)17)11-9(6-18)12(21)20-13(19-11)23-2/h3-5H,1-2H3,(H,19,20,21). The van der Waals surface area contributed by atoms with Crippen LogP contribution in [0.1, 0.15) is 11.1 Å². The topological polar surface area (TPSA) is 69.5 Å². The Kier molecular flexibility index (Phi) is 5.06. The van der Waals surface area contributed by atoms with Crippen LogP contribution < -0.4 is 5.56 Å². The molecule has 1 N–H and O–H groups in total. The number of rotatable bonds is 3. The van der Waals surface area contributed by atoms with Crippen LogP contribution in [0.25, 0.3) is 11.3 Å². The lowest BCUT2D eigenvalue weighted by Crippen LogP contribution is -2.16.